The van der Waals surface area contributed by atoms with Crippen LogP contribution < -0.4 is 9.62 Å². The molecule has 0 aliphatic heterocycles. The predicted molar refractivity (Wildman–Crippen MR) is 103 cm³/mol. The Labute approximate surface area is 161 Å². The van der Waals surface area contributed by atoms with Crippen LogP contribution in [0.2, 0.25) is 15.1 Å². The lowest BCUT2D eigenvalue weighted by Crippen LogP contribution is -2.45. The number of nitrogens with one attached hydrogen (secondary N) is 1. The molecule has 0 heterocycles. The minimum Gasteiger partial charge on any atom is -0.324 e. The monoisotopic (exact) mass is 420 g/mol. The lowest BCUT2D eigenvalue weighted by atomic mass is 10.2. The van der Waals surface area contributed by atoms with Crippen LogP contribution in [-0.2, 0) is 14.8 Å². The zero-order valence-electron chi connectivity index (χ0n) is 13.3. The SMILES string of the molecule is C[C@H](C(=O)Nc1ccc(Cl)c(Cl)c1)N(c1ccc(Cl)cc1)S(C)(=O)=O. The maximum Gasteiger partial charge on any atom is 0.247 e. The van der Waals surface area contributed by atoms with E-state index >= 15 is 0 Å². The molecule has 134 valence electrons. The first-order valence-electron chi connectivity index (χ1n) is 7.10. The van der Waals surface area contributed by atoms with Crippen LogP contribution in [0, 0.1) is 0 Å². The van der Waals surface area contributed by atoms with Crippen molar-refractivity contribution in [2.75, 3.05) is 15.9 Å². The summed E-state index contributed by atoms with van der Waals surface area (Å²) < 4.78 is 25.4. The van der Waals surface area contributed by atoms with Gasteiger partial charge in [-0.1, -0.05) is 34.8 Å². The second-order valence-corrected chi connectivity index (χ2v) is 8.44. The fraction of sp³-hybridized carbons (Fsp3) is 0.188. The van der Waals surface area contributed by atoms with Gasteiger partial charge in [-0.25, -0.2) is 8.42 Å². The summed E-state index contributed by atoms with van der Waals surface area (Å²) in [6.45, 7) is 1.49. The normalized spacial score (nSPS) is 12.5. The summed E-state index contributed by atoms with van der Waals surface area (Å²) in [7, 11) is -3.70. The highest BCUT2D eigenvalue weighted by Gasteiger charge is 2.29. The highest BCUT2D eigenvalue weighted by Crippen LogP contribution is 2.26. The van der Waals surface area contributed by atoms with Crippen molar-refractivity contribution in [1.82, 2.24) is 0 Å². The highest BCUT2D eigenvalue weighted by molar-refractivity contribution is 7.92. The molecule has 9 heteroatoms. The van der Waals surface area contributed by atoms with Crippen LogP contribution in [0.1, 0.15) is 6.92 Å². The molecule has 0 aromatic heterocycles. The highest BCUT2D eigenvalue weighted by atomic mass is 35.5. The Bertz CT molecular complexity index is 886. The molecule has 1 amide bonds. The van der Waals surface area contributed by atoms with E-state index in [9.17, 15) is 13.2 Å². The molecular weight excluding hydrogens is 407 g/mol. The molecule has 0 spiro atoms. The van der Waals surface area contributed by atoms with E-state index in [1.54, 1.807) is 18.2 Å². The van der Waals surface area contributed by atoms with Crippen molar-refractivity contribution in [1.29, 1.82) is 0 Å². The van der Waals surface area contributed by atoms with E-state index in [0.717, 1.165) is 10.6 Å². The standard InChI is InChI=1S/C16H15Cl3N2O3S/c1-10(16(22)20-12-5-8-14(18)15(19)9-12)21(25(2,23)24)13-6-3-11(17)4-7-13/h3-10H,1-2H3,(H,20,22)/t10-/m1/s1. The van der Waals surface area contributed by atoms with Gasteiger partial charge in [0, 0.05) is 10.7 Å². The van der Waals surface area contributed by atoms with Crippen LogP contribution in [0.4, 0.5) is 11.4 Å². The van der Waals surface area contributed by atoms with Crippen LogP contribution >= 0.6 is 34.8 Å². The molecule has 2 rings (SSSR count). The van der Waals surface area contributed by atoms with E-state index < -0.39 is 22.0 Å². The maximum atomic E-state index is 12.5. The van der Waals surface area contributed by atoms with Crippen molar-refractivity contribution < 1.29 is 13.2 Å². The summed E-state index contributed by atoms with van der Waals surface area (Å²) in [4.78, 5) is 12.5. The van der Waals surface area contributed by atoms with Crippen LogP contribution in [0.15, 0.2) is 42.5 Å². The molecule has 0 saturated carbocycles. The first-order chi connectivity index (χ1) is 11.6. The first kappa shape index (κ1) is 19.8. The molecule has 1 atom stereocenters. The number of benzene rings is 2. The third-order valence-electron chi connectivity index (χ3n) is 3.36. The van der Waals surface area contributed by atoms with E-state index in [4.69, 9.17) is 34.8 Å². The molecule has 0 aliphatic rings. The number of hydrogen-bond acceptors (Lipinski definition) is 3. The van der Waals surface area contributed by atoms with E-state index in [0.29, 0.717) is 21.4 Å². The summed E-state index contributed by atoms with van der Waals surface area (Å²) in [6, 6.07) is 9.78. The van der Waals surface area contributed by atoms with Gasteiger partial charge in [0.15, 0.2) is 0 Å². The smallest absolute Gasteiger partial charge is 0.247 e. The molecule has 1 N–H and O–H groups in total. The van der Waals surface area contributed by atoms with Crippen LogP contribution in [-0.4, -0.2) is 26.6 Å². The molecule has 25 heavy (non-hydrogen) atoms. The molecule has 5 nitrogen and oxygen atoms in total. The fourth-order valence-corrected chi connectivity index (χ4v) is 3.82. The number of rotatable bonds is 5. The zero-order valence-corrected chi connectivity index (χ0v) is 16.4. The van der Waals surface area contributed by atoms with E-state index in [2.05, 4.69) is 5.32 Å². The largest absolute Gasteiger partial charge is 0.324 e. The van der Waals surface area contributed by atoms with Gasteiger partial charge in [0.05, 0.1) is 22.0 Å². The molecule has 2 aromatic rings. The average molecular weight is 422 g/mol. The van der Waals surface area contributed by atoms with Gasteiger partial charge in [-0.15, -0.1) is 0 Å². The molecule has 0 radical (unpaired) electrons. The van der Waals surface area contributed by atoms with Gasteiger partial charge in [0.2, 0.25) is 15.9 Å². The predicted octanol–water partition coefficient (Wildman–Crippen LogP) is 4.44. The number of sulfonamides is 1. The van der Waals surface area contributed by atoms with Crippen molar-refractivity contribution >= 4 is 62.1 Å². The van der Waals surface area contributed by atoms with E-state index in [-0.39, 0.29) is 5.02 Å². The molecule has 0 unspecified atom stereocenters. The Morgan fingerprint density at radius 2 is 1.64 bits per heavy atom. The molecule has 2 aromatic carbocycles. The number of nitrogens with zero attached hydrogens (tertiary/aromatic N) is 1. The van der Waals surface area contributed by atoms with Gasteiger partial charge >= 0.3 is 0 Å². The first-order valence-corrected chi connectivity index (χ1v) is 10.1. The minimum absolute atomic E-state index is 0.282. The van der Waals surface area contributed by atoms with Gasteiger partial charge in [-0.3, -0.25) is 9.10 Å². The minimum atomic E-state index is -3.70. The van der Waals surface area contributed by atoms with Gasteiger partial charge in [0.1, 0.15) is 6.04 Å². The Hall–Kier alpha value is -1.47. The van der Waals surface area contributed by atoms with E-state index in [1.165, 1.54) is 31.2 Å². The second kappa shape index (κ2) is 7.83. The average Bonchev–Trinajstić information content (AvgIpc) is 2.51. The van der Waals surface area contributed by atoms with Gasteiger partial charge in [-0.05, 0) is 49.4 Å². The molecule has 0 saturated heterocycles. The number of carbonyl (C=O) groups is 1. The van der Waals surface area contributed by atoms with Crippen molar-refractivity contribution in [3.63, 3.8) is 0 Å². The van der Waals surface area contributed by atoms with Gasteiger partial charge < -0.3 is 5.32 Å². The third kappa shape index (κ3) is 5.01. The summed E-state index contributed by atoms with van der Waals surface area (Å²) in [5, 5.41) is 3.73. The van der Waals surface area contributed by atoms with Crippen molar-refractivity contribution in [2.24, 2.45) is 0 Å². The lowest BCUT2D eigenvalue weighted by Gasteiger charge is -2.28. The van der Waals surface area contributed by atoms with Crippen molar-refractivity contribution in [2.45, 2.75) is 13.0 Å². The van der Waals surface area contributed by atoms with Crippen LogP contribution in [0.25, 0.3) is 0 Å². The van der Waals surface area contributed by atoms with Crippen LogP contribution in [0.3, 0.4) is 0 Å². The Morgan fingerprint density at radius 3 is 2.16 bits per heavy atom. The Kier molecular flexibility index (Phi) is 6.21. The molecule has 0 bridgehead atoms. The summed E-state index contributed by atoms with van der Waals surface area (Å²) >= 11 is 17.6. The molecule has 0 fully saturated rings. The Morgan fingerprint density at radius 1 is 1.04 bits per heavy atom. The number of hydrogen-bond donors (Lipinski definition) is 1. The zero-order chi connectivity index (χ0) is 18.8. The number of anilines is 2. The number of halogens is 3. The quantitative estimate of drug-likeness (QED) is 0.776. The van der Waals surface area contributed by atoms with Gasteiger partial charge in [-0.2, -0.15) is 0 Å². The second-order valence-electron chi connectivity index (χ2n) is 5.33. The molecule has 0 aliphatic carbocycles. The van der Waals surface area contributed by atoms with Gasteiger partial charge in [0.25, 0.3) is 0 Å². The number of carbonyl (C=O) groups excluding carboxylic acids is 1. The Balaban J connectivity index is 2.29. The van der Waals surface area contributed by atoms with Crippen molar-refractivity contribution in [3.8, 4) is 0 Å². The third-order valence-corrected chi connectivity index (χ3v) is 5.59. The topological polar surface area (TPSA) is 66.5 Å². The van der Waals surface area contributed by atoms with Crippen LogP contribution in [0.5, 0.6) is 0 Å². The number of amides is 1. The summed E-state index contributed by atoms with van der Waals surface area (Å²) in [5.41, 5.74) is 0.750. The van der Waals surface area contributed by atoms with Crippen molar-refractivity contribution in [3.05, 3.63) is 57.5 Å². The summed E-state index contributed by atoms with van der Waals surface area (Å²) in [5.74, 6) is -0.515. The maximum absolute atomic E-state index is 12.5. The fourth-order valence-electron chi connectivity index (χ4n) is 2.22. The molecular formula is C16H15Cl3N2O3S. The van der Waals surface area contributed by atoms with E-state index in [1.807, 2.05) is 0 Å². The summed E-state index contributed by atoms with van der Waals surface area (Å²) in [6.07, 6.45) is 1.03. The lowest BCUT2D eigenvalue weighted by molar-refractivity contribution is -0.116.